The summed E-state index contributed by atoms with van der Waals surface area (Å²) < 4.78 is 0. The van der Waals surface area contributed by atoms with Gasteiger partial charge in [-0.1, -0.05) is 18.3 Å². The van der Waals surface area contributed by atoms with Crippen LogP contribution in [-0.2, 0) is 6.42 Å². The second-order valence-corrected chi connectivity index (χ2v) is 4.40. The van der Waals surface area contributed by atoms with Crippen molar-refractivity contribution >= 4 is 28.2 Å². The van der Waals surface area contributed by atoms with E-state index >= 15 is 0 Å². The summed E-state index contributed by atoms with van der Waals surface area (Å²) >= 11 is 1.36. The Bertz CT molecular complexity index is 519. The molecule has 0 aliphatic heterocycles. The highest BCUT2D eigenvalue weighted by atomic mass is 32.1. The quantitative estimate of drug-likeness (QED) is 0.775. The van der Waals surface area contributed by atoms with E-state index in [9.17, 15) is 4.79 Å². The van der Waals surface area contributed by atoms with Crippen molar-refractivity contribution in [2.24, 2.45) is 0 Å². The first-order valence-corrected chi connectivity index (χ1v) is 5.91. The Morgan fingerprint density at radius 2 is 2.29 bits per heavy atom. The Hall–Kier alpha value is -1.96. The average Bonchev–Trinajstić information content (AvgIpc) is 2.89. The molecule has 2 aromatic heterocycles. The first-order chi connectivity index (χ1) is 8.19. The van der Waals surface area contributed by atoms with Crippen LogP contribution in [0.2, 0.25) is 0 Å². The van der Waals surface area contributed by atoms with Gasteiger partial charge in [-0.25, -0.2) is 4.79 Å². The van der Waals surface area contributed by atoms with Gasteiger partial charge in [-0.05, 0) is 13.3 Å². The number of nitrogens with one attached hydrogen (secondary N) is 3. The third-order valence-corrected chi connectivity index (χ3v) is 3.05. The van der Waals surface area contributed by atoms with Gasteiger partial charge < -0.3 is 5.32 Å². The number of hydrogen-bond acceptors (Lipinski definition) is 5. The van der Waals surface area contributed by atoms with Crippen molar-refractivity contribution in [3.8, 4) is 0 Å². The molecule has 0 unspecified atom stereocenters. The van der Waals surface area contributed by atoms with Crippen LogP contribution in [0.25, 0.3) is 0 Å². The summed E-state index contributed by atoms with van der Waals surface area (Å²) in [4.78, 5) is 11.6. The van der Waals surface area contributed by atoms with Crippen LogP contribution in [-0.4, -0.2) is 26.4 Å². The number of aromatic amines is 1. The number of H-pyrrole nitrogens is 1. The SMILES string of the molecule is CCc1nnc(NC(=O)Nc2cn[nH]c2C)s1. The number of urea groups is 1. The summed E-state index contributed by atoms with van der Waals surface area (Å²) in [5, 5.41) is 21.0. The Labute approximate surface area is 102 Å². The predicted octanol–water partition coefficient (Wildman–Crippen LogP) is 1.78. The van der Waals surface area contributed by atoms with Crippen LogP contribution in [0, 0.1) is 6.92 Å². The molecule has 0 aromatic carbocycles. The molecule has 2 rings (SSSR count). The van der Waals surface area contributed by atoms with Crippen LogP contribution >= 0.6 is 11.3 Å². The second kappa shape index (κ2) is 4.91. The van der Waals surface area contributed by atoms with Gasteiger partial charge in [0, 0.05) is 0 Å². The molecule has 2 aromatic rings. The fourth-order valence-electron chi connectivity index (χ4n) is 1.17. The standard InChI is InChI=1S/C9H12N6OS/c1-3-7-14-15-9(17-7)12-8(16)11-6-4-10-13-5(6)2/h4H,3H2,1-2H3,(H,10,13)(H2,11,12,15,16). The largest absolute Gasteiger partial charge is 0.325 e. The number of aromatic nitrogens is 4. The normalized spacial score (nSPS) is 10.2. The second-order valence-electron chi connectivity index (χ2n) is 3.34. The lowest BCUT2D eigenvalue weighted by atomic mass is 10.4. The average molecular weight is 252 g/mol. The third kappa shape index (κ3) is 2.78. The molecular formula is C9H12N6OS. The van der Waals surface area contributed by atoms with Crippen molar-refractivity contribution in [1.82, 2.24) is 20.4 Å². The molecule has 0 spiro atoms. The number of hydrogen-bond donors (Lipinski definition) is 3. The summed E-state index contributed by atoms with van der Waals surface area (Å²) in [6.45, 7) is 3.81. The first-order valence-electron chi connectivity index (χ1n) is 5.09. The zero-order chi connectivity index (χ0) is 12.3. The van der Waals surface area contributed by atoms with Crippen molar-refractivity contribution < 1.29 is 4.79 Å². The molecule has 0 aliphatic rings. The Balaban J connectivity index is 1.95. The zero-order valence-corrected chi connectivity index (χ0v) is 10.3. The van der Waals surface area contributed by atoms with Crippen LogP contribution in [0.5, 0.6) is 0 Å². The molecule has 3 N–H and O–H groups in total. The number of amides is 2. The molecule has 7 nitrogen and oxygen atoms in total. The lowest BCUT2D eigenvalue weighted by Gasteiger charge is -2.02. The van der Waals surface area contributed by atoms with Crippen LogP contribution in [0.1, 0.15) is 17.6 Å². The number of nitrogens with zero attached hydrogens (tertiary/aromatic N) is 3. The first kappa shape index (κ1) is 11.5. The number of carbonyl (C=O) groups excluding carboxylic acids is 1. The molecule has 0 bridgehead atoms. The van der Waals surface area contributed by atoms with Crippen molar-refractivity contribution in [2.75, 3.05) is 10.6 Å². The van der Waals surface area contributed by atoms with Gasteiger partial charge >= 0.3 is 6.03 Å². The molecule has 0 fully saturated rings. The van der Waals surface area contributed by atoms with Gasteiger partial charge in [0.15, 0.2) is 0 Å². The third-order valence-electron chi connectivity index (χ3n) is 2.07. The maximum absolute atomic E-state index is 11.6. The molecule has 0 saturated heterocycles. The molecule has 90 valence electrons. The molecule has 0 radical (unpaired) electrons. The predicted molar refractivity (Wildman–Crippen MR) is 65.3 cm³/mol. The Kier molecular flexibility index (Phi) is 3.33. The summed E-state index contributed by atoms with van der Waals surface area (Å²) in [6, 6.07) is -0.353. The number of carbonyl (C=O) groups is 1. The minimum atomic E-state index is -0.353. The van der Waals surface area contributed by atoms with E-state index in [1.165, 1.54) is 11.3 Å². The maximum Gasteiger partial charge on any atom is 0.325 e. The summed E-state index contributed by atoms with van der Waals surface area (Å²) in [6.07, 6.45) is 2.36. The lowest BCUT2D eigenvalue weighted by molar-refractivity contribution is 0.262. The van der Waals surface area contributed by atoms with Gasteiger partial charge in [0.1, 0.15) is 5.01 Å². The van der Waals surface area contributed by atoms with E-state index in [-0.39, 0.29) is 6.03 Å². The van der Waals surface area contributed by atoms with Crippen molar-refractivity contribution in [2.45, 2.75) is 20.3 Å². The van der Waals surface area contributed by atoms with Crippen LogP contribution < -0.4 is 10.6 Å². The Morgan fingerprint density at radius 1 is 1.47 bits per heavy atom. The number of rotatable bonds is 3. The fraction of sp³-hybridized carbons (Fsp3) is 0.333. The van der Waals surface area contributed by atoms with E-state index < -0.39 is 0 Å². The van der Waals surface area contributed by atoms with Crippen LogP contribution in [0.4, 0.5) is 15.6 Å². The van der Waals surface area contributed by atoms with Gasteiger partial charge in [-0.15, -0.1) is 10.2 Å². The van der Waals surface area contributed by atoms with E-state index in [2.05, 4.69) is 31.0 Å². The minimum absolute atomic E-state index is 0.353. The summed E-state index contributed by atoms with van der Waals surface area (Å²) in [5.41, 5.74) is 1.44. The summed E-state index contributed by atoms with van der Waals surface area (Å²) in [7, 11) is 0. The monoisotopic (exact) mass is 252 g/mol. The van der Waals surface area contributed by atoms with Gasteiger partial charge in [0.05, 0.1) is 17.6 Å². The molecule has 0 saturated carbocycles. The molecule has 2 amide bonds. The van der Waals surface area contributed by atoms with Gasteiger partial charge in [-0.2, -0.15) is 5.10 Å². The fourth-order valence-corrected chi connectivity index (χ4v) is 1.85. The topological polar surface area (TPSA) is 95.6 Å². The van der Waals surface area contributed by atoms with Gasteiger partial charge in [0.25, 0.3) is 0 Å². The molecule has 8 heteroatoms. The molecule has 0 aliphatic carbocycles. The molecule has 2 heterocycles. The van der Waals surface area contributed by atoms with Crippen molar-refractivity contribution in [1.29, 1.82) is 0 Å². The van der Waals surface area contributed by atoms with E-state index in [4.69, 9.17) is 0 Å². The molecular weight excluding hydrogens is 240 g/mol. The highest BCUT2D eigenvalue weighted by Gasteiger charge is 2.09. The number of anilines is 2. The van der Waals surface area contributed by atoms with E-state index in [1.807, 2.05) is 13.8 Å². The Morgan fingerprint density at radius 3 is 2.88 bits per heavy atom. The highest BCUT2D eigenvalue weighted by molar-refractivity contribution is 7.15. The smallest absolute Gasteiger partial charge is 0.305 e. The van der Waals surface area contributed by atoms with Crippen molar-refractivity contribution in [3.63, 3.8) is 0 Å². The maximum atomic E-state index is 11.6. The molecule has 0 atom stereocenters. The zero-order valence-electron chi connectivity index (χ0n) is 9.44. The number of aryl methyl sites for hydroxylation is 2. The van der Waals surface area contributed by atoms with Gasteiger partial charge in [0.2, 0.25) is 5.13 Å². The van der Waals surface area contributed by atoms with Gasteiger partial charge in [-0.3, -0.25) is 10.4 Å². The summed E-state index contributed by atoms with van der Waals surface area (Å²) in [5.74, 6) is 0. The van der Waals surface area contributed by atoms with Crippen LogP contribution in [0.3, 0.4) is 0 Å². The van der Waals surface area contributed by atoms with E-state index in [0.717, 1.165) is 17.1 Å². The van der Waals surface area contributed by atoms with Crippen LogP contribution in [0.15, 0.2) is 6.20 Å². The minimum Gasteiger partial charge on any atom is -0.305 e. The van der Waals surface area contributed by atoms with E-state index in [1.54, 1.807) is 6.20 Å². The lowest BCUT2D eigenvalue weighted by Crippen LogP contribution is -2.19. The highest BCUT2D eigenvalue weighted by Crippen LogP contribution is 2.16. The van der Waals surface area contributed by atoms with E-state index in [0.29, 0.717) is 10.8 Å². The van der Waals surface area contributed by atoms with Crippen molar-refractivity contribution in [3.05, 3.63) is 16.9 Å². The molecule has 17 heavy (non-hydrogen) atoms.